The number of amides is 1. The molecule has 1 amide bonds. The summed E-state index contributed by atoms with van der Waals surface area (Å²) in [5, 5.41) is 24.9. The fourth-order valence-electron chi connectivity index (χ4n) is 3.51. The van der Waals surface area contributed by atoms with Crippen LogP contribution >= 0.6 is 15.9 Å². The van der Waals surface area contributed by atoms with Crippen molar-refractivity contribution in [3.8, 4) is 22.7 Å². The Labute approximate surface area is 203 Å². The second kappa shape index (κ2) is 9.72. The highest BCUT2D eigenvalue weighted by Gasteiger charge is 2.14. The lowest BCUT2D eigenvalue weighted by Crippen LogP contribution is -2.17. The number of aryl methyl sites for hydroxylation is 1. The minimum atomic E-state index is -0.586. The Bertz CT molecular complexity index is 1400. The summed E-state index contributed by atoms with van der Waals surface area (Å²) in [6.07, 6.45) is 1.15. The first kappa shape index (κ1) is 22.9. The summed E-state index contributed by atoms with van der Waals surface area (Å²) in [6, 6.07) is 23.6. The molecule has 3 aromatic carbocycles. The van der Waals surface area contributed by atoms with E-state index in [0.29, 0.717) is 5.56 Å². The molecule has 170 valence electrons. The van der Waals surface area contributed by atoms with Gasteiger partial charge in [0.15, 0.2) is 0 Å². The number of aromatic hydroxyl groups is 1. The van der Waals surface area contributed by atoms with Crippen LogP contribution in [-0.2, 0) is 0 Å². The van der Waals surface area contributed by atoms with Gasteiger partial charge in [-0.3, -0.25) is 14.9 Å². The smallest absolute Gasteiger partial charge is 0.271 e. The van der Waals surface area contributed by atoms with Crippen molar-refractivity contribution in [2.24, 2.45) is 5.10 Å². The first-order chi connectivity index (χ1) is 16.3. The van der Waals surface area contributed by atoms with E-state index in [2.05, 4.69) is 37.1 Å². The lowest BCUT2D eigenvalue weighted by molar-refractivity contribution is -0.385. The minimum absolute atomic E-state index is 0.0910. The van der Waals surface area contributed by atoms with Gasteiger partial charge in [-0.05, 0) is 64.8 Å². The van der Waals surface area contributed by atoms with Gasteiger partial charge < -0.3 is 9.67 Å². The van der Waals surface area contributed by atoms with Crippen molar-refractivity contribution in [2.45, 2.75) is 6.92 Å². The summed E-state index contributed by atoms with van der Waals surface area (Å²) in [6.45, 7) is 2.02. The van der Waals surface area contributed by atoms with Crippen molar-refractivity contribution < 1.29 is 14.8 Å². The molecule has 2 N–H and O–H groups in total. The number of benzene rings is 3. The molecule has 34 heavy (non-hydrogen) atoms. The minimum Gasteiger partial charge on any atom is -0.506 e. The second-order valence-corrected chi connectivity index (χ2v) is 8.28. The van der Waals surface area contributed by atoms with E-state index in [9.17, 15) is 20.0 Å². The molecule has 0 radical (unpaired) electrons. The number of non-ortho nitro benzene ring substituents is 1. The van der Waals surface area contributed by atoms with E-state index in [1.54, 1.807) is 12.1 Å². The van der Waals surface area contributed by atoms with Gasteiger partial charge in [-0.1, -0.05) is 30.3 Å². The van der Waals surface area contributed by atoms with Crippen LogP contribution in [-0.4, -0.2) is 26.7 Å². The molecular formula is C25H19BrN4O4. The van der Waals surface area contributed by atoms with Crippen LogP contribution in [0.15, 0.2) is 88.4 Å². The van der Waals surface area contributed by atoms with Crippen molar-refractivity contribution in [2.75, 3.05) is 0 Å². The maximum Gasteiger partial charge on any atom is 0.271 e. The molecule has 0 spiro atoms. The van der Waals surface area contributed by atoms with Gasteiger partial charge in [-0.25, -0.2) is 5.43 Å². The van der Waals surface area contributed by atoms with Gasteiger partial charge in [0.2, 0.25) is 0 Å². The summed E-state index contributed by atoms with van der Waals surface area (Å²) >= 11 is 3.07. The Morgan fingerprint density at radius 1 is 1.09 bits per heavy atom. The molecule has 1 aromatic heterocycles. The third-order valence-electron chi connectivity index (χ3n) is 5.19. The number of carbonyl (C=O) groups is 1. The topological polar surface area (TPSA) is 110 Å². The zero-order valence-corrected chi connectivity index (χ0v) is 19.6. The summed E-state index contributed by atoms with van der Waals surface area (Å²) in [5.74, 6) is -0.677. The highest BCUT2D eigenvalue weighted by Crippen LogP contribution is 2.31. The number of nitro groups is 1. The van der Waals surface area contributed by atoms with E-state index in [4.69, 9.17) is 0 Å². The number of rotatable bonds is 6. The van der Waals surface area contributed by atoms with Crippen LogP contribution < -0.4 is 5.43 Å². The van der Waals surface area contributed by atoms with Crippen LogP contribution in [0.2, 0.25) is 0 Å². The summed E-state index contributed by atoms with van der Waals surface area (Å²) in [5.41, 5.74) is 6.73. The third kappa shape index (κ3) is 4.74. The second-order valence-electron chi connectivity index (χ2n) is 7.43. The predicted octanol–water partition coefficient (Wildman–Crippen LogP) is 5.59. The van der Waals surface area contributed by atoms with Gasteiger partial charge in [-0.15, -0.1) is 0 Å². The number of hydrogen-bond acceptors (Lipinski definition) is 5. The zero-order valence-electron chi connectivity index (χ0n) is 18.0. The number of nitrogens with zero attached hydrogens (tertiary/aromatic N) is 3. The van der Waals surface area contributed by atoms with Crippen molar-refractivity contribution in [3.63, 3.8) is 0 Å². The Hall–Kier alpha value is -4.24. The molecular weight excluding hydrogens is 500 g/mol. The van der Waals surface area contributed by atoms with Crippen molar-refractivity contribution in [1.29, 1.82) is 0 Å². The number of phenols is 1. The molecule has 0 saturated heterocycles. The van der Waals surface area contributed by atoms with Crippen molar-refractivity contribution in [1.82, 2.24) is 9.99 Å². The molecule has 0 fully saturated rings. The molecule has 0 unspecified atom stereocenters. The van der Waals surface area contributed by atoms with E-state index in [1.807, 2.05) is 55.5 Å². The van der Waals surface area contributed by atoms with Crippen LogP contribution in [0.25, 0.3) is 16.9 Å². The summed E-state index contributed by atoms with van der Waals surface area (Å²) in [7, 11) is 0. The first-order valence-corrected chi connectivity index (χ1v) is 11.0. The lowest BCUT2D eigenvalue weighted by Gasteiger charge is -2.12. The highest BCUT2D eigenvalue weighted by atomic mass is 79.9. The van der Waals surface area contributed by atoms with Gasteiger partial charge >= 0.3 is 0 Å². The third-order valence-corrected chi connectivity index (χ3v) is 5.80. The predicted molar refractivity (Wildman–Crippen MR) is 133 cm³/mol. The average molecular weight is 519 g/mol. The van der Waals surface area contributed by atoms with Crippen LogP contribution in [0.3, 0.4) is 0 Å². The van der Waals surface area contributed by atoms with E-state index in [1.165, 1.54) is 6.07 Å². The van der Waals surface area contributed by atoms with Crippen LogP contribution in [0, 0.1) is 17.0 Å². The first-order valence-electron chi connectivity index (χ1n) is 10.2. The van der Waals surface area contributed by atoms with E-state index in [-0.39, 0.29) is 21.5 Å². The SMILES string of the molecule is Cc1ccc(-c2ccccc2)n1-c1ccc(C(=O)N/N=C/c2cc([N+](=O)[O-])cc(Br)c2O)cc1. The Morgan fingerprint density at radius 3 is 2.47 bits per heavy atom. The maximum absolute atomic E-state index is 12.5. The van der Waals surface area contributed by atoms with Crippen LogP contribution in [0.1, 0.15) is 21.6 Å². The van der Waals surface area contributed by atoms with Gasteiger partial charge in [0, 0.05) is 34.6 Å². The number of hydrogen-bond donors (Lipinski definition) is 2. The van der Waals surface area contributed by atoms with Crippen molar-refractivity contribution in [3.05, 3.63) is 110 Å². The van der Waals surface area contributed by atoms with Gasteiger partial charge in [0.05, 0.1) is 21.3 Å². The number of aromatic nitrogens is 1. The molecule has 0 aliphatic heterocycles. The van der Waals surface area contributed by atoms with Gasteiger partial charge in [-0.2, -0.15) is 5.10 Å². The number of nitrogens with one attached hydrogen (secondary N) is 1. The molecule has 1 heterocycles. The molecule has 0 aliphatic rings. The zero-order chi connectivity index (χ0) is 24.2. The Kier molecular flexibility index (Phi) is 6.55. The standard InChI is InChI=1S/C25H19BrN4O4/c1-16-7-12-23(17-5-3-2-4-6-17)29(16)20-10-8-18(9-11-20)25(32)28-27-15-19-13-21(30(33)34)14-22(26)24(19)31/h2-15,31H,1H3,(H,28,32)/b27-15+. The monoisotopic (exact) mass is 518 g/mol. The number of nitro benzene ring substituents is 1. The summed E-state index contributed by atoms with van der Waals surface area (Å²) in [4.78, 5) is 22.9. The molecule has 9 heteroatoms. The normalized spacial score (nSPS) is 11.0. The van der Waals surface area contributed by atoms with E-state index in [0.717, 1.165) is 34.9 Å². The van der Waals surface area contributed by atoms with E-state index < -0.39 is 10.8 Å². The Morgan fingerprint density at radius 2 is 1.79 bits per heavy atom. The molecule has 8 nitrogen and oxygen atoms in total. The largest absolute Gasteiger partial charge is 0.506 e. The van der Waals surface area contributed by atoms with E-state index >= 15 is 0 Å². The van der Waals surface area contributed by atoms with Gasteiger partial charge in [0.1, 0.15) is 5.75 Å². The number of halogens is 1. The average Bonchev–Trinajstić information content (AvgIpc) is 3.23. The molecule has 4 aromatic rings. The molecule has 0 saturated carbocycles. The number of carbonyl (C=O) groups excluding carboxylic acids is 1. The summed E-state index contributed by atoms with van der Waals surface area (Å²) < 4.78 is 2.26. The maximum atomic E-state index is 12.5. The number of hydrazone groups is 1. The van der Waals surface area contributed by atoms with Gasteiger partial charge in [0.25, 0.3) is 11.6 Å². The highest BCUT2D eigenvalue weighted by molar-refractivity contribution is 9.10. The van der Waals surface area contributed by atoms with Crippen molar-refractivity contribution >= 4 is 33.7 Å². The molecule has 0 atom stereocenters. The van der Waals surface area contributed by atoms with Crippen LogP contribution in [0.5, 0.6) is 5.75 Å². The fourth-order valence-corrected chi connectivity index (χ4v) is 3.98. The molecule has 0 aliphatic carbocycles. The fraction of sp³-hybridized carbons (Fsp3) is 0.0400. The molecule has 4 rings (SSSR count). The number of phenolic OH excluding ortho intramolecular Hbond substituents is 1. The van der Waals surface area contributed by atoms with Crippen LogP contribution in [0.4, 0.5) is 5.69 Å². The lowest BCUT2D eigenvalue weighted by atomic mass is 10.1. The molecule has 0 bridgehead atoms. The Balaban J connectivity index is 1.51. The quantitative estimate of drug-likeness (QED) is 0.197.